The van der Waals surface area contributed by atoms with E-state index in [1.165, 1.54) is 5.56 Å². The van der Waals surface area contributed by atoms with E-state index in [-0.39, 0.29) is 0 Å². The third-order valence-corrected chi connectivity index (χ3v) is 4.73. The highest BCUT2D eigenvalue weighted by molar-refractivity contribution is 9.09. The minimum atomic E-state index is 0.588. The lowest BCUT2D eigenvalue weighted by molar-refractivity contribution is 0.243. The van der Waals surface area contributed by atoms with Crippen LogP contribution < -0.4 is 9.47 Å². The van der Waals surface area contributed by atoms with Gasteiger partial charge in [-0.2, -0.15) is 0 Å². The van der Waals surface area contributed by atoms with Crippen LogP contribution in [0.2, 0.25) is 0 Å². The third kappa shape index (κ3) is 4.41. The van der Waals surface area contributed by atoms with Gasteiger partial charge in [-0.15, -0.1) is 0 Å². The molecule has 0 bridgehead atoms. The highest BCUT2D eigenvalue weighted by Gasteiger charge is 2.14. The Morgan fingerprint density at radius 2 is 1.78 bits per heavy atom. The predicted molar refractivity (Wildman–Crippen MR) is 102 cm³/mol. The molecule has 0 aliphatic rings. The van der Waals surface area contributed by atoms with Crippen LogP contribution in [0.15, 0.2) is 30.3 Å². The second-order valence-electron chi connectivity index (χ2n) is 5.76. The highest BCUT2D eigenvalue weighted by atomic mass is 79.9. The summed E-state index contributed by atoms with van der Waals surface area (Å²) < 4.78 is 12.1. The van der Waals surface area contributed by atoms with Crippen LogP contribution in [0.1, 0.15) is 39.2 Å². The number of aryl methyl sites for hydroxylation is 1. The Kier molecular flexibility index (Phi) is 7.22. The van der Waals surface area contributed by atoms with Crippen molar-refractivity contribution in [1.82, 2.24) is 0 Å². The zero-order valence-electron chi connectivity index (χ0n) is 14.4. The van der Waals surface area contributed by atoms with Gasteiger partial charge in [0.1, 0.15) is 11.5 Å². The normalized spacial score (nSPS) is 12.3. The van der Waals surface area contributed by atoms with Crippen LogP contribution in [0, 0.1) is 5.92 Å². The topological polar surface area (TPSA) is 18.5 Å². The van der Waals surface area contributed by atoms with Crippen molar-refractivity contribution in [3.63, 3.8) is 0 Å². The Bertz CT molecular complexity index is 624. The van der Waals surface area contributed by atoms with E-state index in [4.69, 9.17) is 9.47 Å². The van der Waals surface area contributed by atoms with Crippen molar-refractivity contribution >= 4 is 26.7 Å². The number of halogens is 1. The first-order chi connectivity index (χ1) is 11.2. The van der Waals surface area contributed by atoms with Crippen LogP contribution in [0.5, 0.6) is 11.5 Å². The molecule has 0 fully saturated rings. The molecule has 23 heavy (non-hydrogen) atoms. The number of fused-ring (bicyclic) bond motifs is 1. The molecule has 3 heteroatoms. The van der Waals surface area contributed by atoms with Gasteiger partial charge in [-0.3, -0.25) is 0 Å². The van der Waals surface area contributed by atoms with Crippen LogP contribution in [0.3, 0.4) is 0 Å². The number of benzene rings is 2. The maximum absolute atomic E-state index is 6.22. The smallest absolute Gasteiger partial charge is 0.130 e. The fourth-order valence-electron chi connectivity index (χ4n) is 2.83. The Hall–Kier alpha value is -1.22. The molecule has 0 N–H and O–H groups in total. The quantitative estimate of drug-likeness (QED) is 0.498. The lowest BCUT2D eigenvalue weighted by atomic mass is 10.0. The first kappa shape index (κ1) is 18.1. The standard InChI is InChI=1S/C20H27BrO2/c1-4-15(11-12-21)14-23-19-13-16(5-2)20(22-6-3)18-10-8-7-9-17(18)19/h7-10,13,15H,4-6,11-12,14H2,1-3H3. The van der Waals surface area contributed by atoms with E-state index in [0.717, 1.165) is 53.5 Å². The van der Waals surface area contributed by atoms with Crippen molar-refractivity contribution in [3.8, 4) is 11.5 Å². The molecule has 0 aliphatic carbocycles. The van der Waals surface area contributed by atoms with Gasteiger partial charge in [0.05, 0.1) is 13.2 Å². The predicted octanol–water partition coefficient (Wildman–Crippen LogP) is 5.99. The SMILES string of the molecule is CCOc1c(CC)cc(OCC(CC)CCBr)c2ccccc12. The monoisotopic (exact) mass is 378 g/mol. The minimum absolute atomic E-state index is 0.588. The fourth-order valence-corrected chi connectivity index (χ4v) is 3.48. The molecule has 1 unspecified atom stereocenters. The minimum Gasteiger partial charge on any atom is -0.493 e. The highest BCUT2D eigenvalue weighted by Crippen LogP contribution is 2.37. The summed E-state index contributed by atoms with van der Waals surface area (Å²) in [6.45, 7) is 7.87. The third-order valence-electron chi connectivity index (χ3n) is 4.27. The van der Waals surface area contributed by atoms with Gasteiger partial charge >= 0.3 is 0 Å². The summed E-state index contributed by atoms with van der Waals surface area (Å²) in [7, 11) is 0. The Balaban J connectivity index is 2.37. The largest absolute Gasteiger partial charge is 0.493 e. The van der Waals surface area contributed by atoms with E-state index in [1.807, 2.05) is 6.92 Å². The average Bonchev–Trinajstić information content (AvgIpc) is 2.59. The summed E-state index contributed by atoms with van der Waals surface area (Å²) in [6.07, 6.45) is 3.22. The molecule has 0 saturated heterocycles. The molecular weight excluding hydrogens is 352 g/mol. The maximum Gasteiger partial charge on any atom is 0.130 e. The van der Waals surface area contributed by atoms with Crippen molar-refractivity contribution in [2.45, 2.75) is 40.0 Å². The first-order valence-electron chi connectivity index (χ1n) is 8.61. The lowest BCUT2D eigenvalue weighted by Gasteiger charge is -2.19. The van der Waals surface area contributed by atoms with E-state index < -0.39 is 0 Å². The van der Waals surface area contributed by atoms with E-state index >= 15 is 0 Å². The number of alkyl halides is 1. The number of hydrogen-bond donors (Lipinski definition) is 0. The Morgan fingerprint density at radius 3 is 2.39 bits per heavy atom. The van der Waals surface area contributed by atoms with Gasteiger partial charge in [-0.05, 0) is 37.3 Å². The molecular formula is C20H27BrO2. The van der Waals surface area contributed by atoms with Crippen LogP contribution in [-0.2, 0) is 6.42 Å². The van der Waals surface area contributed by atoms with Crippen LogP contribution in [0.25, 0.3) is 10.8 Å². The number of hydrogen-bond acceptors (Lipinski definition) is 2. The van der Waals surface area contributed by atoms with E-state index in [1.54, 1.807) is 0 Å². The van der Waals surface area contributed by atoms with Gasteiger partial charge in [0.2, 0.25) is 0 Å². The van der Waals surface area contributed by atoms with Gasteiger partial charge in [-0.25, -0.2) is 0 Å². The molecule has 0 saturated carbocycles. The molecule has 0 radical (unpaired) electrons. The summed E-state index contributed by atoms with van der Waals surface area (Å²) in [4.78, 5) is 0. The van der Waals surface area contributed by atoms with Crippen molar-refractivity contribution in [2.75, 3.05) is 18.5 Å². The summed E-state index contributed by atoms with van der Waals surface area (Å²) in [5.41, 5.74) is 1.22. The maximum atomic E-state index is 6.22. The average molecular weight is 379 g/mol. The van der Waals surface area contributed by atoms with Crippen LogP contribution >= 0.6 is 15.9 Å². The van der Waals surface area contributed by atoms with Gasteiger partial charge in [-0.1, -0.05) is 60.5 Å². The van der Waals surface area contributed by atoms with Gasteiger partial charge in [0, 0.05) is 16.1 Å². The molecule has 2 aromatic rings. The molecule has 2 aromatic carbocycles. The molecule has 0 amide bonds. The van der Waals surface area contributed by atoms with Crippen molar-refractivity contribution < 1.29 is 9.47 Å². The molecule has 0 heterocycles. The van der Waals surface area contributed by atoms with Crippen LogP contribution in [0.4, 0.5) is 0 Å². The van der Waals surface area contributed by atoms with E-state index in [0.29, 0.717) is 12.5 Å². The van der Waals surface area contributed by atoms with Crippen molar-refractivity contribution in [1.29, 1.82) is 0 Å². The lowest BCUT2D eigenvalue weighted by Crippen LogP contribution is -2.12. The second-order valence-corrected chi connectivity index (χ2v) is 6.55. The summed E-state index contributed by atoms with van der Waals surface area (Å²) in [5.74, 6) is 2.57. The molecule has 126 valence electrons. The van der Waals surface area contributed by atoms with Crippen LogP contribution in [-0.4, -0.2) is 18.5 Å². The van der Waals surface area contributed by atoms with Crippen molar-refractivity contribution in [3.05, 3.63) is 35.9 Å². The van der Waals surface area contributed by atoms with Crippen molar-refractivity contribution in [2.24, 2.45) is 5.92 Å². The summed E-state index contributed by atoms with van der Waals surface area (Å²) in [5, 5.41) is 3.32. The first-order valence-corrected chi connectivity index (χ1v) is 9.73. The molecule has 0 spiro atoms. The molecule has 0 aromatic heterocycles. The van der Waals surface area contributed by atoms with E-state index in [9.17, 15) is 0 Å². The zero-order valence-corrected chi connectivity index (χ0v) is 16.0. The Morgan fingerprint density at radius 1 is 1.04 bits per heavy atom. The zero-order chi connectivity index (χ0) is 16.7. The molecule has 0 aliphatic heterocycles. The van der Waals surface area contributed by atoms with Gasteiger partial charge in [0.15, 0.2) is 0 Å². The number of rotatable bonds is 9. The molecule has 2 nitrogen and oxygen atoms in total. The molecule has 1 atom stereocenters. The molecule has 2 rings (SSSR count). The fraction of sp³-hybridized carbons (Fsp3) is 0.500. The van der Waals surface area contributed by atoms with Gasteiger partial charge < -0.3 is 9.47 Å². The second kappa shape index (κ2) is 9.17. The Labute approximate surface area is 148 Å². The number of ether oxygens (including phenoxy) is 2. The van der Waals surface area contributed by atoms with Gasteiger partial charge in [0.25, 0.3) is 0 Å². The summed E-state index contributed by atoms with van der Waals surface area (Å²) >= 11 is 3.53. The van der Waals surface area contributed by atoms with E-state index in [2.05, 4.69) is 60.1 Å². The summed E-state index contributed by atoms with van der Waals surface area (Å²) in [6, 6.07) is 10.5.